The van der Waals surface area contributed by atoms with Crippen LogP contribution in [0.4, 0.5) is 0 Å². The molecule has 0 saturated heterocycles. The van der Waals surface area contributed by atoms with E-state index in [1.54, 1.807) is 0 Å². The average molecular weight is 297 g/mol. The first kappa shape index (κ1) is 18.5. The van der Waals surface area contributed by atoms with Crippen LogP contribution in [0.5, 0.6) is 0 Å². The molecule has 0 aliphatic heterocycles. The van der Waals surface area contributed by atoms with E-state index in [2.05, 4.69) is 20.9 Å². The van der Waals surface area contributed by atoms with Crippen LogP contribution in [0.15, 0.2) is 12.2 Å². The number of hydrogen-bond acceptors (Lipinski definition) is 7. The molecule has 0 unspecified atom stereocenters. The lowest BCUT2D eigenvalue weighted by atomic mass is 10.3. The second-order valence-corrected chi connectivity index (χ2v) is 5.21. The van der Waals surface area contributed by atoms with E-state index in [9.17, 15) is 8.42 Å². The third-order valence-electron chi connectivity index (χ3n) is 2.07. The van der Waals surface area contributed by atoms with Crippen molar-refractivity contribution < 1.29 is 26.4 Å². The molecule has 0 amide bonds. The molecule has 0 spiro atoms. The van der Waals surface area contributed by atoms with Crippen LogP contribution in [-0.4, -0.2) is 41.5 Å². The van der Waals surface area contributed by atoms with Crippen LogP contribution in [0.3, 0.4) is 0 Å². The van der Waals surface area contributed by atoms with Crippen molar-refractivity contribution >= 4 is 10.4 Å². The van der Waals surface area contributed by atoms with Crippen LogP contribution in [-0.2, 0) is 28.3 Å². The molecule has 0 bridgehead atoms. The first-order valence-electron chi connectivity index (χ1n) is 6.05. The number of unbranched alkanes of at least 4 members (excludes halogenated alkanes) is 1. The molecule has 0 radical (unpaired) electrons. The van der Waals surface area contributed by atoms with Crippen molar-refractivity contribution in [1.29, 1.82) is 0 Å². The Labute approximate surface area is 114 Å². The molecule has 0 aliphatic rings. The molecule has 2 N–H and O–H groups in total. The number of nitrogens with two attached hydrogens (primary N) is 1. The third kappa shape index (κ3) is 13.7. The summed E-state index contributed by atoms with van der Waals surface area (Å²) in [5.74, 6) is 4.47. The number of ether oxygens (including phenoxy) is 2. The maximum absolute atomic E-state index is 10.6. The normalized spacial score (nSPS) is 11.7. The second kappa shape index (κ2) is 11.3. The Morgan fingerprint density at radius 1 is 1.05 bits per heavy atom. The minimum absolute atomic E-state index is 0.116. The van der Waals surface area contributed by atoms with E-state index in [1.807, 2.05) is 6.92 Å². The highest BCUT2D eigenvalue weighted by Gasteiger charge is 2.08. The summed E-state index contributed by atoms with van der Waals surface area (Å²) < 4.78 is 39.8. The molecule has 0 heterocycles. The summed E-state index contributed by atoms with van der Waals surface area (Å²) in [5.41, 5.74) is 1.11. The van der Waals surface area contributed by atoms with Gasteiger partial charge in [-0.05, 0) is 26.2 Å². The van der Waals surface area contributed by atoms with E-state index in [0.717, 1.165) is 24.8 Å². The molecule has 0 aromatic heterocycles. The lowest BCUT2D eigenvalue weighted by Gasteiger charge is -2.05. The average Bonchev–Trinajstić information content (AvgIpc) is 2.35. The van der Waals surface area contributed by atoms with Gasteiger partial charge in [-0.2, -0.15) is 18.6 Å². The van der Waals surface area contributed by atoms with Gasteiger partial charge < -0.3 is 9.47 Å². The van der Waals surface area contributed by atoms with Gasteiger partial charge in [-0.3, -0.25) is 0 Å². The molecule has 8 heteroatoms. The Morgan fingerprint density at radius 3 is 2.16 bits per heavy atom. The van der Waals surface area contributed by atoms with Gasteiger partial charge in [-0.1, -0.05) is 5.57 Å². The standard InChI is InChI=1S/C11H23NO6S/c1-11(2)5-8-15-6-3-4-7-16-9-10-17-19(13,14)18-12/h1,3-10,12H2,2H3. The molecule has 0 rings (SSSR count). The molecule has 114 valence electrons. The molecular weight excluding hydrogens is 274 g/mol. The Balaban J connectivity index is 3.17. The zero-order valence-electron chi connectivity index (χ0n) is 11.3. The van der Waals surface area contributed by atoms with Crippen LogP contribution in [0.25, 0.3) is 0 Å². The molecule has 0 atom stereocenters. The largest absolute Gasteiger partial charge is 0.415 e. The summed E-state index contributed by atoms with van der Waals surface area (Å²) >= 11 is 0. The summed E-state index contributed by atoms with van der Waals surface area (Å²) in [6, 6.07) is 0. The molecule has 0 aliphatic carbocycles. The Bertz CT molecular complexity index is 330. The monoisotopic (exact) mass is 297 g/mol. The Kier molecular flexibility index (Phi) is 11.0. The highest BCUT2D eigenvalue weighted by atomic mass is 32.3. The van der Waals surface area contributed by atoms with Gasteiger partial charge >= 0.3 is 10.4 Å². The molecule has 0 aromatic carbocycles. The van der Waals surface area contributed by atoms with Gasteiger partial charge in [-0.25, -0.2) is 4.18 Å². The van der Waals surface area contributed by atoms with Gasteiger partial charge in [0.05, 0.1) is 19.8 Å². The van der Waals surface area contributed by atoms with Crippen molar-refractivity contribution in [1.82, 2.24) is 0 Å². The van der Waals surface area contributed by atoms with Crippen LogP contribution in [0, 0.1) is 0 Å². The van der Waals surface area contributed by atoms with Crippen molar-refractivity contribution in [3.63, 3.8) is 0 Å². The van der Waals surface area contributed by atoms with Crippen molar-refractivity contribution in [2.45, 2.75) is 26.2 Å². The molecule has 19 heavy (non-hydrogen) atoms. The van der Waals surface area contributed by atoms with Crippen LogP contribution in [0.2, 0.25) is 0 Å². The third-order valence-corrected chi connectivity index (χ3v) is 2.76. The van der Waals surface area contributed by atoms with Crippen LogP contribution >= 0.6 is 0 Å². The minimum atomic E-state index is -4.06. The SMILES string of the molecule is C=C(C)CCOCCCCOCCOS(=O)(=O)ON. The zero-order chi connectivity index (χ0) is 14.6. The van der Waals surface area contributed by atoms with Gasteiger partial charge in [0, 0.05) is 13.2 Å². The fourth-order valence-electron chi connectivity index (χ4n) is 1.08. The minimum Gasteiger partial charge on any atom is -0.381 e. The van der Waals surface area contributed by atoms with E-state index in [4.69, 9.17) is 9.47 Å². The number of rotatable bonds is 13. The lowest BCUT2D eigenvalue weighted by Crippen LogP contribution is -2.17. The van der Waals surface area contributed by atoms with E-state index in [-0.39, 0.29) is 13.2 Å². The lowest BCUT2D eigenvalue weighted by molar-refractivity contribution is 0.0812. The van der Waals surface area contributed by atoms with Crippen LogP contribution in [0.1, 0.15) is 26.2 Å². The maximum Gasteiger partial charge on any atom is 0.415 e. The van der Waals surface area contributed by atoms with E-state index < -0.39 is 10.4 Å². The summed E-state index contributed by atoms with van der Waals surface area (Å²) in [4.78, 5) is 0. The highest BCUT2D eigenvalue weighted by molar-refractivity contribution is 7.81. The Morgan fingerprint density at radius 2 is 1.63 bits per heavy atom. The quantitative estimate of drug-likeness (QED) is 0.306. The van der Waals surface area contributed by atoms with E-state index >= 15 is 0 Å². The van der Waals surface area contributed by atoms with Gasteiger partial charge in [0.2, 0.25) is 0 Å². The second-order valence-electron chi connectivity index (χ2n) is 3.97. The van der Waals surface area contributed by atoms with Crippen LogP contribution < -0.4 is 5.90 Å². The van der Waals surface area contributed by atoms with Crippen molar-refractivity contribution in [3.05, 3.63) is 12.2 Å². The molecule has 0 fully saturated rings. The predicted octanol–water partition coefficient (Wildman–Crippen LogP) is 0.918. The van der Waals surface area contributed by atoms with Gasteiger partial charge in [0.1, 0.15) is 0 Å². The van der Waals surface area contributed by atoms with Gasteiger partial charge in [0.15, 0.2) is 0 Å². The first-order chi connectivity index (χ1) is 8.98. The summed E-state index contributed by atoms with van der Waals surface area (Å²) in [7, 11) is -4.06. The maximum atomic E-state index is 10.6. The topological polar surface area (TPSA) is 97.1 Å². The predicted molar refractivity (Wildman–Crippen MR) is 70.4 cm³/mol. The number of hydrogen-bond donors (Lipinski definition) is 1. The van der Waals surface area contributed by atoms with Crippen molar-refractivity contribution in [2.75, 3.05) is 33.0 Å². The summed E-state index contributed by atoms with van der Waals surface area (Å²) in [6.45, 7) is 7.70. The smallest absolute Gasteiger partial charge is 0.381 e. The fraction of sp³-hybridized carbons (Fsp3) is 0.818. The molecular formula is C11H23NO6S. The fourth-order valence-corrected chi connectivity index (χ4v) is 1.41. The zero-order valence-corrected chi connectivity index (χ0v) is 12.1. The van der Waals surface area contributed by atoms with Crippen molar-refractivity contribution in [2.24, 2.45) is 5.90 Å². The first-order valence-corrected chi connectivity index (χ1v) is 7.39. The summed E-state index contributed by atoms with van der Waals surface area (Å²) in [5, 5.41) is 0. The molecule has 0 aromatic rings. The molecule has 0 saturated carbocycles. The van der Waals surface area contributed by atoms with E-state index in [1.165, 1.54) is 0 Å². The molecule has 7 nitrogen and oxygen atoms in total. The Hall–Kier alpha value is -0.510. The van der Waals surface area contributed by atoms with Gasteiger partial charge in [-0.15, -0.1) is 6.58 Å². The van der Waals surface area contributed by atoms with Gasteiger partial charge in [0.25, 0.3) is 0 Å². The van der Waals surface area contributed by atoms with E-state index in [0.29, 0.717) is 19.8 Å². The highest BCUT2D eigenvalue weighted by Crippen LogP contribution is 1.98. The summed E-state index contributed by atoms with van der Waals surface area (Å²) in [6.07, 6.45) is 2.61. The van der Waals surface area contributed by atoms with Crippen molar-refractivity contribution in [3.8, 4) is 0 Å².